The number of aromatic nitrogens is 2. The molecule has 0 radical (unpaired) electrons. The number of aryl methyl sites for hydroxylation is 1. The average Bonchev–Trinajstić information content (AvgIpc) is 3.05. The molecule has 31 heavy (non-hydrogen) atoms. The van der Waals surface area contributed by atoms with E-state index in [0.717, 1.165) is 10.3 Å². The second-order valence-corrected chi connectivity index (χ2v) is 8.66. The SMILES string of the molecule is Cc1nc2c(OCc3c(Cl)ccc(N(C)C(=O)CNC(=O)CBr)c3Cl)cccn2c1Br. The van der Waals surface area contributed by atoms with E-state index in [1.54, 1.807) is 19.2 Å². The van der Waals surface area contributed by atoms with Gasteiger partial charge in [0.15, 0.2) is 11.4 Å². The van der Waals surface area contributed by atoms with Gasteiger partial charge in [-0.25, -0.2) is 4.98 Å². The molecule has 0 spiro atoms. The minimum absolute atomic E-state index is 0.0804. The highest BCUT2D eigenvalue weighted by Crippen LogP contribution is 2.35. The number of hydrogen-bond acceptors (Lipinski definition) is 4. The number of carbonyl (C=O) groups is 2. The van der Waals surface area contributed by atoms with Crippen LogP contribution in [0.4, 0.5) is 5.69 Å². The zero-order valence-corrected chi connectivity index (χ0v) is 21.3. The minimum Gasteiger partial charge on any atom is -0.485 e. The number of hydrogen-bond donors (Lipinski definition) is 1. The summed E-state index contributed by atoms with van der Waals surface area (Å²) in [6.45, 7) is 1.82. The number of fused-ring (bicyclic) bond motifs is 1. The molecule has 0 fully saturated rings. The second kappa shape index (κ2) is 10.2. The van der Waals surface area contributed by atoms with E-state index < -0.39 is 0 Å². The lowest BCUT2D eigenvalue weighted by molar-refractivity contribution is -0.123. The number of benzene rings is 1. The number of nitrogens with zero attached hydrogens (tertiary/aromatic N) is 3. The van der Waals surface area contributed by atoms with Gasteiger partial charge < -0.3 is 15.0 Å². The molecule has 7 nitrogen and oxygen atoms in total. The van der Waals surface area contributed by atoms with Gasteiger partial charge in [0.25, 0.3) is 0 Å². The third kappa shape index (κ3) is 5.16. The number of halogens is 4. The largest absolute Gasteiger partial charge is 0.485 e. The lowest BCUT2D eigenvalue weighted by atomic mass is 10.2. The summed E-state index contributed by atoms with van der Waals surface area (Å²) in [6.07, 6.45) is 1.88. The summed E-state index contributed by atoms with van der Waals surface area (Å²) in [5.41, 5.74) is 2.49. The van der Waals surface area contributed by atoms with Gasteiger partial charge in [0.1, 0.15) is 11.2 Å². The van der Waals surface area contributed by atoms with Gasteiger partial charge >= 0.3 is 0 Å². The molecule has 11 heteroatoms. The average molecular weight is 593 g/mol. The fraction of sp³-hybridized carbons (Fsp3) is 0.250. The fourth-order valence-electron chi connectivity index (χ4n) is 2.84. The molecule has 0 saturated carbocycles. The summed E-state index contributed by atoms with van der Waals surface area (Å²) in [5.74, 6) is -0.0447. The van der Waals surface area contributed by atoms with Gasteiger partial charge in [-0.1, -0.05) is 39.1 Å². The van der Waals surface area contributed by atoms with Gasteiger partial charge in [0.2, 0.25) is 11.8 Å². The molecule has 0 aliphatic rings. The van der Waals surface area contributed by atoms with Crippen molar-refractivity contribution in [3.05, 3.63) is 56.4 Å². The molecule has 1 aromatic carbocycles. The van der Waals surface area contributed by atoms with Crippen molar-refractivity contribution >= 4 is 78.2 Å². The molecule has 164 valence electrons. The van der Waals surface area contributed by atoms with Gasteiger partial charge in [0, 0.05) is 23.8 Å². The molecular formula is C20H18Br2Cl2N4O3. The minimum atomic E-state index is -0.326. The normalized spacial score (nSPS) is 10.9. The number of likely N-dealkylation sites (N-methyl/N-ethyl adjacent to an activating group) is 1. The lowest BCUT2D eigenvalue weighted by Crippen LogP contribution is -2.38. The summed E-state index contributed by atoms with van der Waals surface area (Å²) in [5, 5.41) is 3.34. The van der Waals surface area contributed by atoms with Crippen LogP contribution in [0.2, 0.25) is 10.0 Å². The van der Waals surface area contributed by atoms with E-state index in [1.165, 1.54) is 4.90 Å². The number of nitrogens with one attached hydrogen (secondary N) is 1. The number of ether oxygens (including phenoxy) is 1. The summed E-state index contributed by atoms with van der Waals surface area (Å²) in [6, 6.07) is 6.96. The van der Waals surface area contributed by atoms with Crippen LogP contribution in [0.3, 0.4) is 0 Å². The Labute approximate surface area is 205 Å². The maximum atomic E-state index is 12.4. The van der Waals surface area contributed by atoms with Crippen LogP contribution in [0, 0.1) is 6.92 Å². The number of amides is 2. The lowest BCUT2D eigenvalue weighted by Gasteiger charge is -2.21. The molecule has 3 rings (SSSR count). The van der Waals surface area contributed by atoms with Gasteiger partial charge in [-0.05, 0) is 47.1 Å². The van der Waals surface area contributed by atoms with Gasteiger partial charge in [0.05, 0.1) is 28.3 Å². The highest BCUT2D eigenvalue weighted by atomic mass is 79.9. The summed E-state index contributed by atoms with van der Waals surface area (Å²) in [4.78, 5) is 29.7. The summed E-state index contributed by atoms with van der Waals surface area (Å²) in [7, 11) is 1.58. The highest BCUT2D eigenvalue weighted by Gasteiger charge is 2.19. The Morgan fingerprint density at radius 1 is 1.29 bits per heavy atom. The molecule has 3 aromatic rings. The molecule has 0 aliphatic carbocycles. The van der Waals surface area contributed by atoms with E-state index in [1.807, 2.05) is 29.7 Å². The van der Waals surface area contributed by atoms with Crippen LogP contribution in [0.5, 0.6) is 5.75 Å². The molecule has 0 saturated heterocycles. The summed E-state index contributed by atoms with van der Waals surface area (Å²) >= 11 is 19.5. The van der Waals surface area contributed by atoms with Crippen LogP contribution in [0.1, 0.15) is 11.3 Å². The standard InChI is InChI=1S/C20H18Br2Cl2N4O3/c1-11-19(22)28-7-3-4-15(20(28)26-11)31-10-12-13(23)5-6-14(18(12)24)27(2)17(30)9-25-16(29)8-21/h3-7H,8-10H2,1-2H3,(H,25,29). The van der Waals surface area contributed by atoms with Crippen LogP contribution >= 0.6 is 55.1 Å². The zero-order chi connectivity index (χ0) is 22.7. The van der Waals surface area contributed by atoms with Crippen LogP contribution in [-0.4, -0.2) is 40.1 Å². The molecule has 0 bridgehead atoms. The number of rotatable bonds is 7. The van der Waals surface area contributed by atoms with Crippen molar-refractivity contribution in [3.8, 4) is 5.75 Å². The van der Waals surface area contributed by atoms with Crippen molar-refractivity contribution in [1.82, 2.24) is 14.7 Å². The monoisotopic (exact) mass is 590 g/mol. The molecule has 2 heterocycles. The molecule has 0 atom stereocenters. The third-order valence-electron chi connectivity index (χ3n) is 4.55. The Balaban J connectivity index is 1.82. The molecule has 2 aromatic heterocycles. The predicted molar refractivity (Wildman–Crippen MR) is 129 cm³/mol. The molecular weight excluding hydrogens is 575 g/mol. The maximum absolute atomic E-state index is 12.4. The third-order valence-corrected chi connectivity index (χ3v) is 6.79. The van der Waals surface area contributed by atoms with Gasteiger partial charge in [-0.2, -0.15) is 0 Å². The summed E-state index contributed by atoms with van der Waals surface area (Å²) < 4.78 is 8.70. The topological polar surface area (TPSA) is 75.9 Å². The van der Waals surface area contributed by atoms with Crippen molar-refractivity contribution in [3.63, 3.8) is 0 Å². The van der Waals surface area contributed by atoms with E-state index in [9.17, 15) is 9.59 Å². The number of imidazole rings is 1. The van der Waals surface area contributed by atoms with E-state index in [-0.39, 0.29) is 30.3 Å². The predicted octanol–water partition coefficient (Wildman–Crippen LogP) is 4.76. The first-order chi connectivity index (χ1) is 14.7. The first-order valence-electron chi connectivity index (χ1n) is 9.06. The fourth-order valence-corrected chi connectivity index (χ4v) is 4.02. The first kappa shape index (κ1) is 23.8. The maximum Gasteiger partial charge on any atom is 0.246 e. The van der Waals surface area contributed by atoms with Crippen molar-refractivity contribution in [2.45, 2.75) is 13.5 Å². The Bertz CT molecular complexity index is 1150. The zero-order valence-electron chi connectivity index (χ0n) is 16.6. The second-order valence-electron chi connectivity index (χ2n) is 6.56. The van der Waals surface area contributed by atoms with Crippen LogP contribution in [0.25, 0.3) is 5.65 Å². The number of carbonyl (C=O) groups excluding carboxylic acids is 2. The van der Waals surface area contributed by atoms with Gasteiger partial charge in [-0.15, -0.1) is 0 Å². The van der Waals surface area contributed by atoms with Crippen LogP contribution in [-0.2, 0) is 16.2 Å². The Morgan fingerprint density at radius 2 is 2.03 bits per heavy atom. The smallest absolute Gasteiger partial charge is 0.246 e. The molecule has 1 N–H and O–H groups in total. The number of alkyl halides is 1. The van der Waals surface area contributed by atoms with E-state index in [0.29, 0.717) is 32.7 Å². The Morgan fingerprint density at radius 3 is 2.74 bits per heavy atom. The molecule has 2 amide bonds. The number of anilines is 1. The molecule has 0 unspecified atom stereocenters. The quantitative estimate of drug-likeness (QED) is 0.401. The Hall–Kier alpha value is -1.81. The van der Waals surface area contributed by atoms with Crippen LogP contribution < -0.4 is 15.0 Å². The van der Waals surface area contributed by atoms with E-state index in [4.69, 9.17) is 27.9 Å². The van der Waals surface area contributed by atoms with Gasteiger partial charge in [-0.3, -0.25) is 14.0 Å². The molecule has 0 aliphatic heterocycles. The van der Waals surface area contributed by atoms with Crippen LogP contribution in [0.15, 0.2) is 35.1 Å². The van der Waals surface area contributed by atoms with Crippen molar-refractivity contribution in [1.29, 1.82) is 0 Å². The van der Waals surface area contributed by atoms with Crippen molar-refractivity contribution in [2.75, 3.05) is 23.8 Å². The van der Waals surface area contributed by atoms with E-state index in [2.05, 4.69) is 42.2 Å². The highest BCUT2D eigenvalue weighted by molar-refractivity contribution is 9.10. The van der Waals surface area contributed by atoms with Crippen molar-refractivity contribution in [2.24, 2.45) is 0 Å². The number of pyridine rings is 1. The van der Waals surface area contributed by atoms with Crippen molar-refractivity contribution < 1.29 is 14.3 Å². The first-order valence-corrected chi connectivity index (χ1v) is 11.7. The Kier molecular flexibility index (Phi) is 7.85. The van der Waals surface area contributed by atoms with E-state index >= 15 is 0 Å².